The Morgan fingerprint density at radius 2 is 2.50 bits per heavy atom. The van der Waals surface area contributed by atoms with Crippen LogP contribution in [0.15, 0.2) is 16.1 Å². The molecule has 0 N–H and O–H groups in total. The molecule has 0 aromatic heterocycles. The molecule has 0 aliphatic rings. The molecule has 0 aliphatic heterocycles. The van der Waals surface area contributed by atoms with Gasteiger partial charge in [-0.2, -0.15) is 0 Å². The van der Waals surface area contributed by atoms with Gasteiger partial charge in [-0.3, -0.25) is 4.99 Å². The van der Waals surface area contributed by atoms with Gasteiger partial charge in [0.15, 0.2) is 0 Å². The minimum absolute atomic E-state index is 1.06. The summed E-state index contributed by atoms with van der Waals surface area (Å²) >= 11 is 1.72. The van der Waals surface area contributed by atoms with Crippen LogP contribution in [0.25, 0.3) is 0 Å². The van der Waals surface area contributed by atoms with Gasteiger partial charge in [0.25, 0.3) is 0 Å². The molecule has 8 heavy (non-hydrogen) atoms. The monoisotopic (exact) mass is 129 g/mol. The summed E-state index contributed by atoms with van der Waals surface area (Å²) < 4.78 is 0. The van der Waals surface area contributed by atoms with Gasteiger partial charge in [0, 0.05) is 11.1 Å². The van der Waals surface area contributed by atoms with Gasteiger partial charge in [-0.1, -0.05) is 6.92 Å². The molecule has 0 aliphatic carbocycles. The van der Waals surface area contributed by atoms with E-state index < -0.39 is 0 Å². The van der Waals surface area contributed by atoms with E-state index in [9.17, 15) is 0 Å². The molecule has 0 rings (SSSR count). The molecule has 0 atom stereocenters. The molecule has 0 heterocycles. The highest BCUT2D eigenvalue weighted by Crippen LogP contribution is 2.14. The van der Waals surface area contributed by atoms with Crippen molar-refractivity contribution in [1.29, 1.82) is 0 Å². The number of thioether (sulfide) groups is 1. The molecular weight excluding hydrogens is 118 g/mol. The van der Waals surface area contributed by atoms with Crippen LogP contribution in [0.3, 0.4) is 0 Å². The maximum atomic E-state index is 3.64. The Labute approximate surface area is 54.9 Å². The molecule has 0 aromatic rings. The zero-order valence-corrected chi connectivity index (χ0v) is 6.16. The number of hydrogen-bond acceptors (Lipinski definition) is 2. The Morgan fingerprint density at radius 1 is 1.88 bits per heavy atom. The number of hydrogen-bond donors (Lipinski definition) is 0. The fourth-order valence-electron chi connectivity index (χ4n) is 0.390. The fourth-order valence-corrected chi connectivity index (χ4v) is 0.859. The van der Waals surface area contributed by atoms with Gasteiger partial charge in [-0.25, -0.2) is 0 Å². The predicted molar refractivity (Wildman–Crippen MR) is 41.4 cm³/mol. The lowest BCUT2D eigenvalue weighted by Crippen LogP contribution is -1.67. The van der Waals surface area contributed by atoms with E-state index in [0.717, 1.165) is 6.42 Å². The van der Waals surface area contributed by atoms with Gasteiger partial charge in [-0.05, 0) is 19.4 Å². The number of allylic oxidation sites excluding steroid dienone is 1. The van der Waals surface area contributed by atoms with Crippen molar-refractivity contribution in [2.24, 2.45) is 4.99 Å². The molecular formula is C6H11NS. The Hall–Kier alpha value is -0.240. The summed E-state index contributed by atoms with van der Waals surface area (Å²) in [6.07, 6.45) is 4.89. The Balaban J connectivity index is 3.66. The Morgan fingerprint density at radius 3 is 2.62 bits per heavy atom. The zero-order chi connectivity index (χ0) is 6.41. The van der Waals surface area contributed by atoms with Crippen molar-refractivity contribution in [3.63, 3.8) is 0 Å². The Kier molecular flexibility index (Phi) is 4.76. The molecule has 1 nitrogen and oxygen atoms in total. The van der Waals surface area contributed by atoms with Crippen LogP contribution >= 0.6 is 11.8 Å². The largest absolute Gasteiger partial charge is 0.272 e. The first-order valence-electron chi connectivity index (χ1n) is 2.54. The molecule has 0 amide bonds. The van der Waals surface area contributed by atoms with Crippen LogP contribution < -0.4 is 0 Å². The minimum Gasteiger partial charge on any atom is -0.272 e. The smallest absolute Gasteiger partial charge is 0.0355 e. The molecule has 0 saturated heterocycles. The molecule has 0 aromatic carbocycles. The highest BCUT2D eigenvalue weighted by molar-refractivity contribution is 8.02. The molecule has 0 unspecified atom stereocenters. The van der Waals surface area contributed by atoms with Crippen molar-refractivity contribution in [1.82, 2.24) is 0 Å². The third-order valence-corrected chi connectivity index (χ3v) is 1.76. The molecule has 0 bridgehead atoms. The van der Waals surface area contributed by atoms with E-state index in [0.29, 0.717) is 0 Å². The number of aliphatic imine (C=N–C) groups is 1. The quantitative estimate of drug-likeness (QED) is 0.533. The molecule has 0 saturated carbocycles. The number of nitrogens with zero attached hydrogens (tertiary/aromatic N) is 1. The number of rotatable bonds is 3. The summed E-state index contributed by atoms with van der Waals surface area (Å²) in [6.45, 7) is 5.46. The zero-order valence-electron chi connectivity index (χ0n) is 5.35. The average molecular weight is 129 g/mol. The predicted octanol–water partition coefficient (Wildman–Crippen LogP) is 2.30. The van der Waals surface area contributed by atoms with E-state index in [2.05, 4.69) is 18.6 Å². The fraction of sp³-hybridized carbons (Fsp3) is 0.500. The van der Waals surface area contributed by atoms with Crippen molar-refractivity contribution < 1.29 is 0 Å². The lowest BCUT2D eigenvalue weighted by atomic mass is 10.5. The summed E-state index contributed by atoms with van der Waals surface area (Å²) in [5.74, 6) is 0. The van der Waals surface area contributed by atoms with Crippen molar-refractivity contribution in [2.75, 3.05) is 6.26 Å². The first kappa shape index (κ1) is 7.76. The van der Waals surface area contributed by atoms with Gasteiger partial charge in [-0.15, -0.1) is 11.8 Å². The first-order chi connectivity index (χ1) is 3.85. The van der Waals surface area contributed by atoms with Crippen LogP contribution in [-0.4, -0.2) is 13.0 Å². The third kappa shape index (κ3) is 2.86. The van der Waals surface area contributed by atoms with Crippen LogP contribution in [-0.2, 0) is 0 Å². The van der Waals surface area contributed by atoms with Gasteiger partial charge < -0.3 is 0 Å². The molecule has 46 valence electrons. The van der Waals surface area contributed by atoms with Gasteiger partial charge in [0.1, 0.15) is 0 Å². The maximum Gasteiger partial charge on any atom is 0.0355 e. The van der Waals surface area contributed by atoms with Gasteiger partial charge in [0.2, 0.25) is 0 Å². The maximum absolute atomic E-state index is 3.64. The van der Waals surface area contributed by atoms with E-state index in [1.54, 1.807) is 18.0 Å². The van der Waals surface area contributed by atoms with Crippen molar-refractivity contribution in [2.45, 2.75) is 13.3 Å². The minimum atomic E-state index is 1.06. The van der Waals surface area contributed by atoms with Crippen LogP contribution in [0, 0.1) is 0 Å². The van der Waals surface area contributed by atoms with Crippen LogP contribution in [0.2, 0.25) is 0 Å². The van der Waals surface area contributed by atoms with Gasteiger partial charge in [0.05, 0.1) is 0 Å². The van der Waals surface area contributed by atoms with Crippen molar-refractivity contribution >= 4 is 18.5 Å². The van der Waals surface area contributed by atoms with E-state index in [1.165, 1.54) is 4.91 Å². The standard InChI is InChI=1S/C6H11NS/c1-4-6(8-3)5-7-2/h5H,2,4H2,1,3H3/b6-5-. The second-order valence-electron chi connectivity index (χ2n) is 1.34. The van der Waals surface area contributed by atoms with Gasteiger partial charge >= 0.3 is 0 Å². The Bertz CT molecular complexity index is 90.7. The summed E-state index contributed by atoms with van der Waals surface area (Å²) in [4.78, 5) is 4.92. The van der Waals surface area contributed by atoms with E-state index in [-0.39, 0.29) is 0 Å². The third-order valence-electron chi connectivity index (χ3n) is 0.846. The normalized spacial score (nSPS) is 11.5. The second-order valence-corrected chi connectivity index (χ2v) is 2.27. The molecule has 2 heteroatoms. The SMILES string of the molecule is C=N/C=C(/CC)SC. The van der Waals surface area contributed by atoms with E-state index in [1.807, 2.05) is 6.26 Å². The highest BCUT2D eigenvalue weighted by Gasteiger charge is 1.85. The van der Waals surface area contributed by atoms with E-state index >= 15 is 0 Å². The second kappa shape index (κ2) is 4.91. The lowest BCUT2D eigenvalue weighted by molar-refractivity contribution is 1.19. The summed E-state index contributed by atoms with van der Waals surface area (Å²) in [5.41, 5.74) is 0. The summed E-state index contributed by atoms with van der Waals surface area (Å²) in [6, 6.07) is 0. The molecule has 0 radical (unpaired) electrons. The van der Waals surface area contributed by atoms with Crippen molar-refractivity contribution in [3.05, 3.63) is 11.1 Å². The molecule has 0 fully saturated rings. The van der Waals surface area contributed by atoms with Crippen molar-refractivity contribution in [3.8, 4) is 0 Å². The van der Waals surface area contributed by atoms with Crippen LogP contribution in [0.1, 0.15) is 13.3 Å². The summed E-state index contributed by atoms with van der Waals surface area (Å²) in [5, 5.41) is 0. The average Bonchev–Trinajstić information content (AvgIpc) is 1.83. The topological polar surface area (TPSA) is 12.4 Å². The van der Waals surface area contributed by atoms with Crippen LogP contribution in [0.5, 0.6) is 0 Å². The summed E-state index contributed by atoms with van der Waals surface area (Å²) in [7, 11) is 0. The lowest BCUT2D eigenvalue weighted by Gasteiger charge is -1.92. The molecule has 0 spiro atoms. The first-order valence-corrected chi connectivity index (χ1v) is 3.76. The highest BCUT2D eigenvalue weighted by atomic mass is 32.2. The van der Waals surface area contributed by atoms with Crippen LogP contribution in [0.4, 0.5) is 0 Å². The van der Waals surface area contributed by atoms with E-state index in [4.69, 9.17) is 0 Å².